The standard InChI is InChI=1S/C22H20FN5O3S/c23-15-2-4-16(5-3-15)28-21-18-10-14(18)1-6-17(19(21)12-27-28)22(29)26-11-13-7-8-25-20(9-13)32(24,30)31/h2-9,12,14,18H,1,10-11H2,(H,26,29)(H2,24,30,31). The topological polar surface area (TPSA) is 120 Å². The summed E-state index contributed by atoms with van der Waals surface area (Å²) in [5, 5.41) is 12.2. The molecule has 2 heterocycles. The van der Waals surface area contributed by atoms with Crippen LogP contribution < -0.4 is 10.5 Å². The highest BCUT2D eigenvalue weighted by atomic mass is 32.2. The molecule has 3 aromatic rings. The van der Waals surface area contributed by atoms with Gasteiger partial charge in [-0.05, 0) is 60.7 Å². The maximum Gasteiger partial charge on any atom is 0.255 e. The van der Waals surface area contributed by atoms with Gasteiger partial charge >= 0.3 is 0 Å². The first-order valence-corrected chi connectivity index (χ1v) is 11.7. The average Bonchev–Trinajstić information content (AvgIpc) is 3.44. The second-order valence-corrected chi connectivity index (χ2v) is 9.53. The van der Waals surface area contributed by atoms with Crippen molar-refractivity contribution in [1.29, 1.82) is 0 Å². The number of nitrogens with one attached hydrogen (secondary N) is 1. The summed E-state index contributed by atoms with van der Waals surface area (Å²) in [5.74, 6) is 0.155. The Balaban J connectivity index is 1.41. The highest BCUT2D eigenvalue weighted by molar-refractivity contribution is 7.89. The number of benzene rings is 1. The highest BCUT2D eigenvalue weighted by Crippen LogP contribution is 2.54. The minimum atomic E-state index is -3.93. The van der Waals surface area contributed by atoms with Gasteiger partial charge in [-0.1, -0.05) is 6.08 Å². The first-order valence-electron chi connectivity index (χ1n) is 10.1. The number of allylic oxidation sites excluding steroid dienone is 1. The molecule has 5 rings (SSSR count). The number of nitrogens with two attached hydrogens (primary N) is 1. The van der Waals surface area contributed by atoms with Crippen LogP contribution in [0.15, 0.2) is 59.9 Å². The predicted octanol–water partition coefficient (Wildman–Crippen LogP) is 2.26. The number of sulfonamides is 1. The number of halogens is 1. The lowest BCUT2D eigenvalue weighted by Crippen LogP contribution is -2.24. The number of pyridine rings is 1. The molecule has 1 saturated carbocycles. The molecule has 0 bridgehead atoms. The molecule has 2 unspecified atom stereocenters. The number of nitrogens with zero attached hydrogens (tertiary/aromatic N) is 3. The molecular formula is C22H20FN5O3S. The van der Waals surface area contributed by atoms with Crippen LogP contribution in [0.5, 0.6) is 0 Å². The van der Waals surface area contributed by atoms with Gasteiger partial charge in [-0.3, -0.25) is 4.79 Å². The maximum absolute atomic E-state index is 13.4. The number of aromatic nitrogens is 3. The molecule has 1 aromatic carbocycles. The van der Waals surface area contributed by atoms with Crippen molar-refractivity contribution in [2.75, 3.05) is 0 Å². The van der Waals surface area contributed by atoms with Gasteiger partial charge in [0.05, 0.1) is 17.6 Å². The normalized spacial score (nSPS) is 19.4. The number of carbonyl (C=O) groups is 1. The van der Waals surface area contributed by atoms with Gasteiger partial charge in [-0.25, -0.2) is 27.6 Å². The lowest BCUT2D eigenvalue weighted by molar-refractivity contribution is -0.115. The zero-order valence-electron chi connectivity index (χ0n) is 16.9. The van der Waals surface area contributed by atoms with Gasteiger partial charge < -0.3 is 5.32 Å². The predicted molar refractivity (Wildman–Crippen MR) is 114 cm³/mol. The lowest BCUT2D eigenvalue weighted by Gasteiger charge is -2.11. The van der Waals surface area contributed by atoms with E-state index in [-0.39, 0.29) is 23.3 Å². The van der Waals surface area contributed by atoms with Crippen LogP contribution in [0, 0.1) is 11.7 Å². The number of hydrogen-bond acceptors (Lipinski definition) is 5. The molecule has 2 aliphatic rings. The molecule has 164 valence electrons. The number of primary sulfonamides is 1. The Labute approximate surface area is 184 Å². The summed E-state index contributed by atoms with van der Waals surface area (Å²) < 4.78 is 38.2. The Bertz CT molecular complexity index is 1350. The van der Waals surface area contributed by atoms with Crippen molar-refractivity contribution < 1.29 is 17.6 Å². The highest BCUT2D eigenvalue weighted by Gasteiger charge is 2.44. The van der Waals surface area contributed by atoms with Crippen LogP contribution >= 0.6 is 0 Å². The van der Waals surface area contributed by atoms with Gasteiger partial charge in [0.1, 0.15) is 5.82 Å². The van der Waals surface area contributed by atoms with Crippen LogP contribution in [-0.4, -0.2) is 29.1 Å². The molecule has 1 amide bonds. The van der Waals surface area contributed by atoms with E-state index in [4.69, 9.17) is 5.14 Å². The zero-order chi connectivity index (χ0) is 22.5. The fourth-order valence-electron chi connectivity index (χ4n) is 4.14. The van der Waals surface area contributed by atoms with Crippen molar-refractivity contribution in [1.82, 2.24) is 20.1 Å². The van der Waals surface area contributed by atoms with E-state index in [1.807, 2.05) is 6.08 Å². The molecule has 0 saturated heterocycles. The van der Waals surface area contributed by atoms with E-state index in [2.05, 4.69) is 15.4 Å². The summed E-state index contributed by atoms with van der Waals surface area (Å²) in [6.45, 7) is 0.121. The van der Waals surface area contributed by atoms with Gasteiger partial charge in [0.15, 0.2) is 5.03 Å². The van der Waals surface area contributed by atoms with Gasteiger partial charge in [0.25, 0.3) is 15.9 Å². The fourth-order valence-corrected chi connectivity index (χ4v) is 4.66. The quantitative estimate of drug-likeness (QED) is 0.614. The van der Waals surface area contributed by atoms with E-state index < -0.39 is 10.0 Å². The van der Waals surface area contributed by atoms with Crippen LogP contribution in [0.25, 0.3) is 11.3 Å². The van der Waals surface area contributed by atoms with Crippen molar-refractivity contribution in [3.63, 3.8) is 0 Å². The van der Waals surface area contributed by atoms with Crippen molar-refractivity contribution in [3.8, 4) is 5.69 Å². The third kappa shape index (κ3) is 3.82. The van der Waals surface area contributed by atoms with Crippen LogP contribution in [0.4, 0.5) is 4.39 Å². The summed E-state index contributed by atoms with van der Waals surface area (Å²) in [6, 6.07) is 9.06. The minimum Gasteiger partial charge on any atom is -0.348 e. The Morgan fingerprint density at radius 2 is 2.03 bits per heavy atom. The molecule has 10 heteroatoms. The zero-order valence-corrected chi connectivity index (χ0v) is 17.7. The van der Waals surface area contributed by atoms with E-state index in [1.54, 1.807) is 29.1 Å². The molecule has 2 aromatic heterocycles. The van der Waals surface area contributed by atoms with Crippen LogP contribution in [0.2, 0.25) is 0 Å². The number of carbonyl (C=O) groups excluding carboxylic acids is 1. The molecule has 0 aliphatic heterocycles. The summed E-state index contributed by atoms with van der Waals surface area (Å²) in [4.78, 5) is 16.8. The van der Waals surface area contributed by atoms with Crippen molar-refractivity contribution in [3.05, 3.63) is 77.5 Å². The maximum atomic E-state index is 13.4. The smallest absolute Gasteiger partial charge is 0.255 e. The molecular weight excluding hydrogens is 433 g/mol. The van der Waals surface area contributed by atoms with Gasteiger partial charge in [0, 0.05) is 29.8 Å². The Morgan fingerprint density at radius 1 is 1.25 bits per heavy atom. The molecule has 0 radical (unpaired) electrons. The summed E-state index contributed by atoms with van der Waals surface area (Å²) in [7, 11) is -3.93. The van der Waals surface area contributed by atoms with E-state index >= 15 is 0 Å². The average molecular weight is 453 g/mol. The SMILES string of the molecule is NS(=O)(=O)c1cc(CNC(=O)C2=CCC3CC3c3c2cnn3-c2ccc(F)cc2)ccn1. The summed E-state index contributed by atoms with van der Waals surface area (Å²) in [5.41, 5.74) is 3.56. The number of rotatable bonds is 5. The Kier molecular flexibility index (Phi) is 4.90. The molecule has 0 spiro atoms. The van der Waals surface area contributed by atoms with Gasteiger partial charge in [-0.15, -0.1) is 0 Å². The third-order valence-corrected chi connectivity index (χ3v) is 6.66. The third-order valence-electron chi connectivity index (χ3n) is 5.85. The molecule has 2 atom stereocenters. The molecule has 8 nitrogen and oxygen atoms in total. The number of hydrogen-bond donors (Lipinski definition) is 2. The first kappa shape index (κ1) is 20.5. The van der Waals surface area contributed by atoms with Crippen LogP contribution in [-0.2, 0) is 21.4 Å². The minimum absolute atomic E-state index is 0.121. The molecule has 32 heavy (non-hydrogen) atoms. The molecule has 2 aliphatic carbocycles. The van der Waals surface area contributed by atoms with E-state index in [9.17, 15) is 17.6 Å². The van der Waals surface area contributed by atoms with Crippen molar-refractivity contribution in [2.24, 2.45) is 11.1 Å². The van der Waals surface area contributed by atoms with E-state index in [0.29, 0.717) is 23.0 Å². The first-order chi connectivity index (χ1) is 15.3. The van der Waals surface area contributed by atoms with Crippen LogP contribution in [0.1, 0.15) is 35.6 Å². The summed E-state index contributed by atoms with van der Waals surface area (Å²) in [6.07, 6.45) is 6.76. The van der Waals surface area contributed by atoms with E-state index in [1.165, 1.54) is 24.4 Å². The molecule has 3 N–H and O–H groups in total. The second-order valence-electron chi connectivity index (χ2n) is 8.02. The van der Waals surface area contributed by atoms with Crippen molar-refractivity contribution in [2.45, 2.75) is 30.3 Å². The van der Waals surface area contributed by atoms with Gasteiger partial charge in [0.2, 0.25) is 0 Å². The monoisotopic (exact) mass is 453 g/mol. The van der Waals surface area contributed by atoms with Crippen molar-refractivity contribution >= 4 is 21.5 Å². The van der Waals surface area contributed by atoms with E-state index in [0.717, 1.165) is 29.8 Å². The summed E-state index contributed by atoms with van der Waals surface area (Å²) >= 11 is 0. The number of fused-ring (bicyclic) bond motifs is 3. The number of amides is 1. The Morgan fingerprint density at radius 3 is 2.78 bits per heavy atom. The Hall–Kier alpha value is -3.37. The molecule has 1 fully saturated rings. The van der Waals surface area contributed by atoms with Gasteiger partial charge in [-0.2, -0.15) is 5.10 Å². The fraction of sp³-hybridized carbons (Fsp3) is 0.227. The lowest BCUT2D eigenvalue weighted by atomic mass is 10.0. The largest absolute Gasteiger partial charge is 0.348 e. The van der Waals surface area contributed by atoms with Crippen LogP contribution in [0.3, 0.4) is 0 Å². The second kappa shape index (κ2) is 7.64.